The smallest absolute Gasteiger partial charge is 0.184 e. The maximum Gasteiger partial charge on any atom is 0.184 e. The first kappa shape index (κ1) is 11.0. The number of benzene rings is 1. The van der Waals surface area contributed by atoms with E-state index < -0.39 is 0 Å². The van der Waals surface area contributed by atoms with Crippen molar-refractivity contribution in [2.24, 2.45) is 0 Å². The first-order chi connectivity index (χ1) is 7.09. The summed E-state index contributed by atoms with van der Waals surface area (Å²) < 4.78 is 6.60. The minimum Gasteiger partial charge on any atom is -0.380 e. The van der Waals surface area contributed by atoms with Gasteiger partial charge in [-0.05, 0) is 34.1 Å². The van der Waals surface area contributed by atoms with Gasteiger partial charge in [0.05, 0.1) is 0 Å². The molecule has 78 valence electrons. The molecule has 0 saturated heterocycles. The summed E-state index contributed by atoms with van der Waals surface area (Å²) in [5, 5.41) is 4.28. The predicted molar refractivity (Wildman–Crippen MR) is 66.8 cm³/mol. The minimum absolute atomic E-state index is 0.317. The van der Waals surface area contributed by atoms with Gasteiger partial charge in [0.15, 0.2) is 11.6 Å². The number of halogens is 3. The van der Waals surface area contributed by atoms with Gasteiger partial charge in [0.1, 0.15) is 4.47 Å². The Morgan fingerprint density at radius 3 is 2.67 bits per heavy atom. The lowest BCUT2D eigenvalue weighted by atomic mass is 10.2. The molecule has 15 heavy (non-hydrogen) atoms. The number of nitrogen functional groups attached to an aromatic ring is 1. The minimum atomic E-state index is 0.317. The molecule has 0 fully saturated rings. The summed E-state index contributed by atoms with van der Waals surface area (Å²) in [6, 6.07) is 5.39. The number of aromatic nitrogens is 1. The molecule has 1 aromatic carbocycles. The maximum atomic E-state index is 5.90. The second-order valence-corrected chi connectivity index (χ2v) is 4.92. The van der Waals surface area contributed by atoms with Gasteiger partial charge in [-0.25, -0.2) is 0 Å². The summed E-state index contributed by atoms with van der Waals surface area (Å²) in [5.74, 6) is 0.874. The van der Waals surface area contributed by atoms with Crippen molar-refractivity contribution in [1.82, 2.24) is 5.16 Å². The fourth-order valence-electron chi connectivity index (χ4n) is 1.13. The molecule has 0 aliphatic heterocycles. The van der Waals surface area contributed by atoms with E-state index in [0.29, 0.717) is 21.1 Å². The molecular formula is C9H5Br2ClN2O. The van der Waals surface area contributed by atoms with Gasteiger partial charge in [-0.15, -0.1) is 0 Å². The standard InChI is InChI=1S/C9H5Br2ClN2O/c10-6-2-1-4(12)3-5(6)8-7(11)9(13)14-15-8/h1-3H,(H2,13,14). The summed E-state index contributed by atoms with van der Waals surface area (Å²) in [6.07, 6.45) is 0. The van der Waals surface area contributed by atoms with Gasteiger partial charge in [0.2, 0.25) is 0 Å². The zero-order valence-corrected chi connectivity index (χ0v) is 11.2. The lowest BCUT2D eigenvalue weighted by Crippen LogP contribution is -1.83. The molecule has 2 rings (SSSR count). The Morgan fingerprint density at radius 1 is 1.33 bits per heavy atom. The van der Waals surface area contributed by atoms with Crippen LogP contribution < -0.4 is 5.73 Å². The van der Waals surface area contributed by atoms with Crippen molar-refractivity contribution < 1.29 is 4.52 Å². The Bertz CT molecular complexity index is 513. The number of rotatable bonds is 1. The van der Waals surface area contributed by atoms with Crippen molar-refractivity contribution in [3.05, 3.63) is 32.2 Å². The highest BCUT2D eigenvalue weighted by Crippen LogP contribution is 2.37. The summed E-state index contributed by atoms with van der Waals surface area (Å²) in [4.78, 5) is 0. The lowest BCUT2D eigenvalue weighted by Gasteiger charge is -2.01. The monoisotopic (exact) mass is 350 g/mol. The van der Waals surface area contributed by atoms with E-state index in [1.165, 1.54) is 0 Å². The van der Waals surface area contributed by atoms with E-state index in [9.17, 15) is 0 Å². The van der Waals surface area contributed by atoms with E-state index in [1.807, 2.05) is 6.07 Å². The number of hydrogen-bond donors (Lipinski definition) is 1. The van der Waals surface area contributed by atoms with Crippen molar-refractivity contribution in [2.75, 3.05) is 5.73 Å². The Labute approximate surface area is 108 Å². The van der Waals surface area contributed by atoms with Crippen LogP contribution in [0.2, 0.25) is 5.02 Å². The van der Waals surface area contributed by atoms with Crippen LogP contribution in [0.3, 0.4) is 0 Å². The first-order valence-corrected chi connectivity index (χ1v) is 5.92. The number of anilines is 1. The molecule has 0 saturated carbocycles. The second kappa shape index (κ2) is 4.15. The van der Waals surface area contributed by atoms with Gasteiger partial charge in [0.25, 0.3) is 0 Å². The Kier molecular flexibility index (Phi) is 3.04. The summed E-state index contributed by atoms with van der Waals surface area (Å²) in [6.45, 7) is 0. The number of hydrogen-bond acceptors (Lipinski definition) is 3. The predicted octanol–water partition coefficient (Wildman–Crippen LogP) is 4.10. The van der Waals surface area contributed by atoms with Crippen LogP contribution in [0.5, 0.6) is 0 Å². The maximum absolute atomic E-state index is 5.90. The largest absolute Gasteiger partial charge is 0.380 e. The van der Waals surface area contributed by atoms with E-state index in [1.54, 1.807) is 12.1 Å². The van der Waals surface area contributed by atoms with Gasteiger partial charge in [-0.3, -0.25) is 0 Å². The van der Waals surface area contributed by atoms with Crippen LogP contribution in [0, 0.1) is 0 Å². The highest BCUT2D eigenvalue weighted by Gasteiger charge is 2.15. The van der Waals surface area contributed by atoms with Crippen LogP contribution in [0.1, 0.15) is 0 Å². The molecule has 3 nitrogen and oxygen atoms in total. The number of nitrogens with zero attached hydrogens (tertiary/aromatic N) is 1. The molecule has 0 amide bonds. The highest BCUT2D eigenvalue weighted by molar-refractivity contribution is 9.11. The number of nitrogens with two attached hydrogens (primary N) is 1. The fraction of sp³-hybridized carbons (Fsp3) is 0. The molecule has 2 aromatic rings. The van der Waals surface area contributed by atoms with Gasteiger partial charge >= 0.3 is 0 Å². The summed E-state index contributed by atoms with van der Waals surface area (Å²) in [5.41, 5.74) is 6.37. The molecule has 0 aliphatic rings. The van der Waals surface area contributed by atoms with Gasteiger partial charge in [-0.2, -0.15) is 0 Å². The average molecular weight is 352 g/mol. The van der Waals surface area contributed by atoms with Crippen LogP contribution in [-0.4, -0.2) is 5.16 Å². The van der Waals surface area contributed by atoms with Crippen molar-refractivity contribution in [1.29, 1.82) is 0 Å². The third-order valence-corrected chi connectivity index (χ3v) is 3.53. The molecule has 2 N–H and O–H groups in total. The molecule has 0 radical (unpaired) electrons. The van der Waals surface area contributed by atoms with Crippen LogP contribution in [0.4, 0.5) is 5.82 Å². The second-order valence-electron chi connectivity index (χ2n) is 2.84. The van der Waals surface area contributed by atoms with E-state index in [2.05, 4.69) is 37.0 Å². The van der Waals surface area contributed by atoms with Gasteiger partial charge in [0, 0.05) is 15.1 Å². The summed E-state index contributed by atoms with van der Waals surface area (Å²) in [7, 11) is 0. The van der Waals surface area contributed by atoms with Crippen molar-refractivity contribution in [3.8, 4) is 11.3 Å². The van der Waals surface area contributed by atoms with E-state index in [0.717, 1.165) is 10.0 Å². The Balaban J connectivity index is 2.63. The lowest BCUT2D eigenvalue weighted by molar-refractivity contribution is 0.435. The van der Waals surface area contributed by atoms with Crippen molar-refractivity contribution >= 4 is 49.3 Å². The SMILES string of the molecule is Nc1noc(-c2cc(Cl)ccc2Br)c1Br. The molecule has 0 bridgehead atoms. The molecule has 0 spiro atoms. The Hall–Kier alpha value is -0.520. The van der Waals surface area contributed by atoms with Crippen LogP contribution in [-0.2, 0) is 0 Å². The van der Waals surface area contributed by atoms with Gasteiger partial charge in [-0.1, -0.05) is 32.7 Å². The molecule has 1 aromatic heterocycles. The fourth-order valence-corrected chi connectivity index (χ4v) is 2.09. The molecule has 0 aliphatic carbocycles. The highest BCUT2D eigenvalue weighted by atomic mass is 79.9. The van der Waals surface area contributed by atoms with Crippen molar-refractivity contribution in [2.45, 2.75) is 0 Å². The van der Waals surface area contributed by atoms with E-state index in [-0.39, 0.29) is 0 Å². The molecule has 1 heterocycles. The molecular weight excluding hydrogens is 347 g/mol. The third-order valence-electron chi connectivity index (χ3n) is 1.83. The topological polar surface area (TPSA) is 52.0 Å². The van der Waals surface area contributed by atoms with Gasteiger partial charge < -0.3 is 10.3 Å². The normalized spacial score (nSPS) is 10.6. The first-order valence-electron chi connectivity index (χ1n) is 3.95. The molecule has 0 unspecified atom stereocenters. The molecule has 6 heteroatoms. The van der Waals surface area contributed by atoms with E-state index >= 15 is 0 Å². The van der Waals surface area contributed by atoms with Crippen molar-refractivity contribution in [3.63, 3.8) is 0 Å². The average Bonchev–Trinajstić information content (AvgIpc) is 2.52. The van der Waals surface area contributed by atoms with Crippen LogP contribution in [0.15, 0.2) is 31.7 Å². The summed E-state index contributed by atoms with van der Waals surface area (Å²) >= 11 is 12.6. The zero-order valence-electron chi connectivity index (χ0n) is 7.30. The quantitative estimate of drug-likeness (QED) is 0.841. The Morgan fingerprint density at radius 2 is 2.07 bits per heavy atom. The van der Waals surface area contributed by atoms with Crippen LogP contribution in [0.25, 0.3) is 11.3 Å². The van der Waals surface area contributed by atoms with E-state index in [4.69, 9.17) is 21.9 Å². The third kappa shape index (κ3) is 2.04. The van der Waals surface area contributed by atoms with Crippen LogP contribution >= 0.6 is 43.5 Å². The zero-order chi connectivity index (χ0) is 11.0. The molecule has 0 atom stereocenters.